The minimum absolute atomic E-state index is 0.0342. The maximum Gasteiger partial charge on any atom is 0.228 e. The fourth-order valence-corrected chi connectivity index (χ4v) is 1.40. The van der Waals surface area contributed by atoms with E-state index in [-0.39, 0.29) is 11.8 Å². The molecule has 1 aromatic carbocycles. The molecule has 1 rings (SSSR count). The number of nitrogens with one attached hydrogen (secondary N) is 2. The predicted octanol–water partition coefficient (Wildman–Crippen LogP) is 1.33. The molecule has 4 nitrogen and oxygen atoms in total. The Morgan fingerprint density at radius 1 is 1.47 bits per heavy atom. The summed E-state index contributed by atoms with van der Waals surface area (Å²) in [6, 6.07) is 7.83. The van der Waals surface area contributed by atoms with Crippen LogP contribution in [0.1, 0.15) is 19.4 Å². The lowest BCUT2D eigenvalue weighted by atomic mass is 10.1. The van der Waals surface area contributed by atoms with Gasteiger partial charge in [0.25, 0.3) is 0 Å². The summed E-state index contributed by atoms with van der Waals surface area (Å²) < 4.78 is 0. The van der Waals surface area contributed by atoms with Gasteiger partial charge < -0.3 is 16.4 Å². The molecule has 1 atom stereocenters. The van der Waals surface area contributed by atoms with Gasteiger partial charge in [-0.3, -0.25) is 4.79 Å². The van der Waals surface area contributed by atoms with Crippen LogP contribution in [0.15, 0.2) is 24.3 Å². The number of carbonyl (C=O) groups is 1. The summed E-state index contributed by atoms with van der Waals surface area (Å²) in [6.07, 6.45) is 0. The number of anilines is 1. The normalized spacial score (nSPS) is 12.2. The van der Waals surface area contributed by atoms with E-state index < -0.39 is 0 Å². The molecule has 0 aliphatic heterocycles. The SMILES string of the molecule is CCNCc1cccc(NC(=O)C(C)CN)c1. The number of hydrogen-bond acceptors (Lipinski definition) is 3. The number of rotatable bonds is 6. The Labute approximate surface area is 103 Å². The molecule has 0 radical (unpaired) electrons. The highest BCUT2D eigenvalue weighted by Crippen LogP contribution is 2.11. The molecular formula is C13H21N3O. The predicted molar refractivity (Wildman–Crippen MR) is 70.7 cm³/mol. The van der Waals surface area contributed by atoms with Crippen LogP contribution >= 0.6 is 0 Å². The van der Waals surface area contributed by atoms with Crippen LogP contribution in [0, 0.1) is 5.92 Å². The van der Waals surface area contributed by atoms with Gasteiger partial charge in [0.1, 0.15) is 0 Å². The maximum atomic E-state index is 11.7. The molecule has 0 spiro atoms. The maximum absolute atomic E-state index is 11.7. The van der Waals surface area contributed by atoms with Gasteiger partial charge in [0.05, 0.1) is 0 Å². The second kappa shape index (κ2) is 7.04. The van der Waals surface area contributed by atoms with Gasteiger partial charge in [-0.05, 0) is 24.2 Å². The summed E-state index contributed by atoms with van der Waals surface area (Å²) in [4.78, 5) is 11.7. The monoisotopic (exact) mass is 235 g/mol. The van der Waals surface area contributed by atoms with E-state index in [9.17, 15) is 4.79 Å². The fraction of sp³-hybridized carbons (Fsp3) is 0.462. The van der Waals surface area contributed by atoms with Gasteiger partial charge in [-0.2, -0.15) is 0 Å². The second-order valence-corrected chi connectivity index (χ2v) is 4.11. The number of carbonyl (C=O) groups excluding carboxylic acids is 1. The highest BCUT2D eigenvalue weighted by molar-refractivity contribution is 5.92. The molecule has 0 aliphatic rings. The average Bonchev–Trinajstić information content (AvgIpc) is 2.35. The van der Waals surface area contributed by atoms with Gasteiger partial charge in [-0.25, -0.2) is 0 Å². The number of amides is 1. The Morgan fingerprint density at radius 3 is 2.88 bits per heavy atom. The Bertz CT molecular complexity index is 365. The minimum atomic E-state index is -0.160. The molecular weight excluding hydrogens is 214 g/mol. The van der Waals surface area contributed by atoms with Gasteiger partial charge in [0, 0.05) is 24.7 Å². The van der Waals surface area contributed by atoms with Crippen molar-refractivity contribution < 1.29 is 4.79 Å². The van der Waals surface area contributed by atoms with Gasteiger partial charge >= 0.3 is 0 Å². The number of nitrogens with two attached hydrogens (primary N) is 1. The van der Waals surface area contributed by atoms with Crippen molar-refractivity contribution in [3.05, 3.63) is 29.8 Å². The van der Waals surface area contributed by atoms with Gasteiger partial charge in [-0.1, -0.05) is 26.0 Å². The Hall–Kier alpha value is -1.39. The molecule has 0 aliphatic carbocycles. The molecule has 0 fully saturated rings. The van der Waals surface area contributed by atoms with E-state index in [4.69, 9.17) is 5.73 Å². The van der Waals surface area contributed by atoms with E-state index >= 15 is 0 Å². The molecule has 1 amide bonds. The van der Waals surface area contributed by atoms with Crippen molar-refractivity contribution in [2.24, 2.45) is 11.7 Å². The zero-order chi connectivity index (χ0) is 12.7. The average molecular weight is 235 g/mol. The molecule has 1 unspecified atom stereocenters. The van der Waals surface area contributed by atoms with E-state index in [0.717, 1.165) is 24.3 Å². The van der Waals surface area contributed by atoms with Crippen LogP contribution < -0.4 is 16.4 Å². The molecule has 17 heavy (non-hydrogen) atoms. The first-order chi connectivity index (χ1) is 8.17. The summed E-state index contributed by atoms with van der Waals surface area (Å²) in [5, 5.41) is 6.11. The van der Waals surface area contributed by atoms with Gasteiger partial charge in [-0.15, -0.1) is 0 Å². The van der Waals surface area contributed by atoms with Crippen molar-refractivity contribution in [3.63, 3.8) is 0 Å². The molecule has 0 heterocycles. The minimum Gasteiger partial charge on any atom is -0.330 e. The van der Waals surface area contributed by atoms with Crippen molar-refractivity contribution in [1.82, 2.24) is 5.32 Å². The van der Waals surface area contributed by atoms with Crippen LogP contribution in [0.4, 0.5) is 5.69 Å². The largest absolute Gasteiger partial charge is 0.330 e. The molecule has 94 valence electrons. The van der Waals surface area contributed by atoms with Crippen molar-refractivity contribution in [3.8, 4) is 0 Å². The Kier molecular flexibility index (Phi) is 5.66. The summed E-state index contributed by atoms with van der Waals surface area (Å²) in [7, 11) is 0. The molecule has 0 saturated heterocycles. The molecule has 0 aromatic heterocycles. The van der Waals surface area contributed by atoms with Crippen molar-refractivity contribution in [1.29, 1.82) is 0 Å². The summed E-state index contributed by atoms with van der Waals surface area (Å²) in [5.41, 5.74) is 7.43. The highest BCUT2D eigenvalue weighted by Gasteiger charge is 2.10. The van der Waals surface area contributed by atoms with E-state index in [1.165, 1.54) is 0 Å². The topological polar surface area (TPSA) is 67.1 Å². The van der Waals surface area contributed by atoms with Gasteiger partial charge in [0.15, 0.2) is 0 Å². The lowest BCUT2D eigenvalue weighted by Crippen LogP contribution is -2.26. The summed E-state index contributed by atoms with van der Waals surface area (Å²) in [5.74, 6) is -0.194. The zero-order valence-corrected chi connectivity index (χ0v) is 10.5. The van der Waals surface area contributed by atoms with Crippen LogP contribution in [0.5, 0.6) is 0 Å². The second-order valence-electron chi connectivity index (χ2n) is 4.11. The van der Waals surface area contributed by atoms with Crippen LogP contribution in [-0.4, -0.2) is 19.0 Å². The Balaban J connectivity index is 2.62. The van der Waals surface area contributed by atoms with Crippen molar-refractivity contribution in [2.75, 3.05) is 18.4 Å². The van der Waals surface area contributed by atoms with E-state index in [2.05, 4.69) is 17.6 Å². The van der Waals surface area contributed by atoms with Crippen molar-refractivity contribution in [2.45, 2.75) is 20.4 Å². The highest BCUT2D eigenvalue weighted by atomic mass is 16.1. The lowest BCUT2D eigenvalue weighted by Gasteiger charge is -2.11. The van der Waals surface area contributed by atoms with E-state index in [1.54, 1.807) is 0 Å². The van der Waals surface area contributed by atoms with E-state index in [1.807, 2.05) is 31.2 Å². The number of hydrogen-bond donors (Lipinski definition) is 3. The van der Waals surface area contributed by atoms with Crippen LogP contribution in [-0.2, 0) is 11.3 Å². The zero-order valence-electron chi connectivity index (χ0n) is 10.5. The molecule has 0 saturated carbocycles. The standard InChI is InChI=1S/C13H21N3O/c1-3-15-9-11-5-4-6-12(7-11)16-13(17)10(2)8-14/h4-7,10,15H,3,8-9,14H2,1-2H3,(H,16,17). The third kappa shape index (κ3) is 4.54. The first kappa shape index (κ1) is 13.7. The summed E-state index contributed by atoms with van der Waals surface area (Å²) in [6.45, 7) is 5.99. The van der Waals surface area contributed by atoms with E-state index in [0.29, 0.717) is 6.54 Å². The first-order valence-corrected chi connectivity index (χ1v) is 5.98. The van der Waals surface area contributed by atoms with Gasteiger partial charge in [0.2, 0.25) is 5.91 Å². The molecule has 4 heteroatoms. The first-order valence-electron chi connectivity index (χ1n) is 5.98. The summed E-state index contributed by atoms with van der Waals surface area (Å²) >= 11 is 0. The van der Waals surface area contributed by atoms with Crippen molar-refractivity contribution >= 4 is 11.6 Å². The van der Waals surface area contributed by atoms with Crippen LogP contribution in [0.25, 0.3) is 0 Å². The van der Waals surface area contributed by atoms with Crippen LogP contribution in [0.3, 0.4) is 0 Å². The lowest BCUT2D eigenvalue weighted by molar-refractivity contribution is -0.119. The third-order valence-corrected chi connectivity index (χ3v) is 2.57. The smallest absolute Gasteiger partial charge is 0.228 e. The fourth-order valence-electron chi connectivity index (χ4n) is 1.40. The Morgan fingerprint density at radius 2 is 2.24 bits per heavy atom. The molecule has 4 N–H and O–H groups in total. The molecule has 1 aromatic rings. The molecule has 0 bridgehead atoms. The third-order valence-electron chi connectivity index (χ3n) is 2.57. The number of benzene rings is 1. The quantitative estimate of drug-likeness (QED) is 0.697. The van der Waals surface area contributed by atoms with Crippen LogP contribution in [0.2, 0.25) is 0 Å².